The summed E-state index contributed by atoms with van der Waals surface area (Å²) in [4.78, 5) is 25.0. The van der Waals surface area contributed by atoms with E-state index in [0.29, 0.717) is 11.1 Å². The van der Waals surface area contributed by atoms with Gasteiger partial charge < -0.3 is 29.2 Å². The van der Waals surface area contributed by atoms with Crippen molar-refractivity contribution in [2.45, 2.75) is 70.7 Å². The third kappa shape index (κ3) is 3.52. The van der Waals surface area contributed by atoms with E-state index < -0.39 is 53.5 Å². The zero-order valence-corrected chi connectivity index (χ0v) is 17.7. The van der Waals surface area contributed by atoms with E-state index in [-0.39, 0.29) is 18.6 Å². The molecule has 2 heterocycles. The fraction of sp³-hybridized carbons (Fsp3) is 0.714. The van der Waals surface area contributed by atoms with E-state index >= 15 is 0 Å². The first-order valence-electron chi connectivity index (χ1n) is 9.83. The van der Waals surface area contributed by atoms with Crippen molar-refractivity contribution >= 4 is 11.9 Å². The molecule has 0 aromatic heterocycles. The van der Waals surface area contributed by atoms with Crippen LogP contribution in [0.15, 0.2) is 22.8 Å². The van der Waals surface area contributed by atoms with E-state index in [0.717, 1.165) is 0 Å². The molecule has 3 rings (SSSR count). The predicted octanol–water partition coefficient (Wildman–Crippen LogP) is 1.25. The number of methoxy groups -OCH3 is 1. The second kappa shape index (κ2) is 7.50. The average molecular weight is 410 g/mol. The van der Waals surface area contributed by atoms with Gasteiger partial charge in [0.2, 0.25) is 0 Å². The standard InChI is InChI=1S/C21H30O8/c1-7-10(2)17(22)27-12-8-20(4,25)15-14(16-13(12)11(3)18(23)28-16)21(5,9-26-6)29-19(15)24/h7,11-13,16,19,24-25H,8-9H2,1-6H3/t11-,12-,13+,16-,19+,20-,21+/m0/s1. The predicted molar refractivity (Wildman–Crippen MR) is 101 cm³/mol. The van der Waals surface area contributed by atoms with Crippen LogP contribution in [0, 0.1) is 11.8 Å². The molecule has 8 nitrogen and oxygen atoms in total. The molecule has 0 aromatic carbocycles. The third-order valence-electron chi connectivity index (χ3n) is 6.35. The number of carbonyl (C=O) groups excluding carboxylic acids is 2. The maximum absolute atomic E-state index is 12.5. The highest BCUT2D eigenvalue weighted by Crippen LogP contribution is 2.52. The van der Waals surface area contributed by atoms with Gasteiger partial charge in [0.1, 0.15) is 17.8 Å². The van der Waals surface area contributed by atoms with Crippen LogP contribution in [0.25, 0.3) is 0 Å². The van der Waals surface area contributed by atoms with E-state index in [1.165, 1.54) is 7.11 Å². The zero-order valence-electron chi connectivity index (χ0n) is 17.7. The Morgan fingerprint density at radius 3 is 2.59 bits per heavy atom. The number of hydrogen-bond donors (Lipinski definition) is 2. The molecule has 7 atom stereocenters. The molecule has 0 spiro atoms. The second-order valence-corrected chi connectivity index (χ2v) is 8.58. The van der Waals surface area contributed by atoms with Crippen molar-refractivity contribution in [2.75, 3.05) is 13.7 Å². The van der Waals surface area contributed by atoms with Gasteiger partial charge in [-0.05, 0) is 27.7 Å². The number of carbonyl (C=O) groups is 2. The molecule has 0 amide bonds. The van der Waals surface area contributed by atoms with Crippen LogP contribution in [-0.2, 0) is 28.5 Å². The van der Waals surface area contributed by atoms with Crippen LogP contribution in [0.3, 0.4) is 0 Å². The molecule has 2 N–H and O–H groups in total. The largest absolute Gasteiger partial charge is 0.458 e. The molecule has 0 aromatic rings. The Morgan fingerprint density at radius 2 is 2.00 bits per heavy atom. The molecule has 1 fully saturated rings. The smallest absolute Gasteiger partial charge is 0.333 e. The summed E-state index contributed by atoms with van der Waals surface area (Å²) in [5, 5.41) is 21.9. The third-order valence-corrected chi connectivity index (χ3v) is 6.35. The fourth-order valence-electron chi connectivity index (χ4n) is 4.79. The molecule has 1 aliphatic carbocycles. The van der Waals surface area contributed by atoms with E-state index in [2.05, 4.69) is 0 Å². The molecular weight excluding hydrogens is 380 g/mol. The monoisotopic (exact) mass is 410 g/mol. The van der Waals surface area contributed by atoms with Gasteiger partial charge >= 0.3 is 11.9 Å². The van der Waals surface area contributed by atoms with Gasteiger partial charge in [-0.3, -0.25) is 4.79 Å². The van der Waals surface area contributed by atoms with Crippen molar-refractivity contribution in [3.05, 3.63) is 22.8 Å². The molecular formula is C21H30O8. The molecule has 3 aliphatic rings. The summed E-state index contributed by atoms with van der Waals surface area (Å²) in [6, 6.07) is 0. The minimum atomic E-state index is -1.54. The van der Waals surface area contributed by atoms with Gasteiger partial charge in [-0.25, -0.2) is 4.79 Å². The highest BCUT2D eigenvalue weighted by Gasteiger charge is 2.62. The summed E-state index contributed by atoms with van der Waals surface area (Å²) >= 11 is 0. The topological polar surface area (TPSA) is 112 Å². The molecule has 29 heavy (non-hydrogen) atoms. The maximum atomic E-state index is 12.5. The lowest BCUT2D eigenvalue weighted by Gasteiger charge is -2.34. The summed E-state index contributed by atoms with van der Waals surface area (Å²) in [7, 11) is 1.50. The highest BCUT2D eigenvalue weighted by atomic mass is 16.6. The lowest BCUT2D eigenvalue weighted by molar-refractivity contribution is -0.163. The Kier molecular flexibility index (Phi) is 5.68. The number of aliphatic hydroxyl groups is 2. The van der Waals surface area contributed by atoms with Crippen molar-refractivity contribution in [2.24, 2.45) is 11.8 Å². The van der Waals surface area contributed by atoms with E-state index in [4.69, 9.17) is 18.9 Å². The molecule has 162 valence electrons. The van der Waals surface area contributed by atoms with Crippen LogP contribution >= 0.6 is 0 Å². The van der Waals surface area contributed by atoms with Crippen molar-refractivity contribution in [1.82, 2.24) is 0 Å². The summed E-state index contributed by atoms with van der Waals surface area (Å²) in [5.41, 5.74) is -1.47. The van der Waals surface area contributed by atoms with Crippen molar-refractivity contribution in [1.29, 1.82) is 0 Å². The van der Waals surface area contributed by atoms with Crippen LogP contribution in [0.4, 0.5) is 0 Å². The summed E-state index contributed by atoms with van der Waals surface area (Å²) < 4.78 is 22.5. The molecule has 0 saturated carbocycles. The molecule has 2 aliphatic heterocycles. The van der Waals surface area contributed by atoms with Crippen LogP contribution in [-0.4, -0.2) is 65.6 Å². The van der Waals surface area contributed by atoms with Gasteiger partial charge in [-0.1, -0.05) is 13.0 Å². The molecule has 0 unspecified atom stereocenters. The first kappa shape index (κ1) is 22.0. The number of fused-ring (bicyclic) bond motifs is 2. The Bertz CT molecular complexity index is 767. The van der Waals surface area contributed by atoms with E-state index in [1.54, 1.807) is 40.7 Å². The average Bonchev–Trinajstić information content (AvgIpc) is 3.02. The Hall–Kier alpha value is -1.74. The minimum Gasteiger partial charge on any atom is -0.458 e. The second-order valence-electron chi connectivity index (χ2n) is 8.58. The fourth-order valence-corrected chi connectivity index (χ4v) is 4.79. The van der Waals surface area contributed by atoms with Gasteiger partial charge in [-0.2, -0.15) is 0 Å². The van der Waals surface area contributed by atoms with Gasteiger partial charge in [0, 0.05) is 30.2 Å². The molecule has 0 radical (unpaired) electrons. The van der Waals surface area contributed by atoms with Crippen molar-refractivity contribution < 1.29 is 38.7 Å². The normalized spacial score (nSPS) is 42.3. The van der Waals surface area contributed by atoms with Crippen LogP contribution < -0.4 is 0 Å². The van der Waals surface area contributed by atoms with Crippen LogP contribution in [0.2, 0.25) is 0 Å². The molecule has 0 bridgehead atoms. The Balaban J connectivity index is 2.12. The lowest BCUT2D eigenvalue weighted by Crippen LogP contribution is -2.44. The van der Waals surface area contributed by atoms with Crippen LogP contribution in [0.1, 0.15) is 41.0 Å². The van der Waals surface area contributed by atoms with E-state index in [1.807, 2.05) is 0 Å². The van der Waals surface area contributed by atoms with Gasteiger partial charge in [0.15, 0.2) is 6.29 Å². The number of ether oxygens (including phenoxy) is 4. The van der Waals surface area contributed by atoms with Crippen molar-refractivity contribution in [3.8, 4) is 0 Å². The number of hydrogen-bond acceptors (Lipinski definition) is 8. The number of rotatable bonds is 4. The van der Waals surface area contributed by atoms with Gasteiger partial charge in [0.05, 0.1) is 24.0 Å². The number of allylic oxidation sites excluding steroid dienone is 1. The SMILES string of the molecule is CC=C(C)C(=O)O[C@H]1C[C@](C)(O)C2=C([C@H]3OC(=O)[C@@H](C)[C@H]13)[C@@](C)(COC)O[C@H]2O. The van der Waals surface area contributed by atoms with E-state index in [9.17, 15) is 19.8 Å². The quantitative estimate of drug-likeness (QED) is 0.405. The lowest BCUT2D eigenvalue weighted by atomic mass is 9.80. The van der Waals surface area contributed by atoms with Gasteiger partial charge in [-0.15, -0.1) is 0 Å². The maximum Gasteiger partial charge on any atom is 0.333 e. The number of aliphatic hydroxyl groups excluding tert-OH is 1. The van der Waals surface area contributed by atoms with Crippen molar-refractivity contribution in [3.63, 3.8) is 0 Å². The zero-order chi connectivity index (χ0) is 21.7. The number of esters is 2. The summed E-state index contributed by atoms with van der Waals surface area (Å²) in [6.45, 7) is 8.45. The van der Waals surface area contributed by atoms with Crippen LogP contribution in [0.5, 0.6) is 0 Å². The summed E-state index contributed by atoms with van der Waals surface area (Å²) in [5.74, 6) is -2.02. The first-order chi connectivity index (χ1) is 13.5. The Labute approximate surface area is 170 Å². The Morgan fingerprint density at radius 1 is 1.34 bits per heavy atom. The molecule has 8 heteroatoms. The van der Waals surface area contributed by atoms with Gasteiger partial charge in [0.25, 0.3) is 0 Å². The molecule has 1 saturated heterocycles. The minimum absolute atomic E-state index is 0.000195. The first-order valence-corrected chi connectivity index (χ1v) is 9.83. The summed E-state index contributed by atoms with van der Waals surface area (Å²) in [6.07, 6.45) is -1.34. The highest BCUT2D eigenvalue weighted by molar-refractivity contribution is 5.88.